The van der Waals surface area contributed by atoms with Crippen molar-refractivity contribution in [2.45, 2.75) is 108 Å². The number of ether oxygens (including phenoxy) is 1. The van der Waals surface area contributed by atoms with E-state index in [1.807, 2.05) is 26.2 Å². The quantitative estimate of drug-likeness (QED) is 0.314. The van der Waals surface area contributed by atoms with Gasteiger partial charge in [0.25, 0.3) is 0 Å². The number of aromatic carboxylic acids is 1. The average molecular weight is 622 g/mol. The maximum Gasteiger partial charge on any atom is 0.399 e. The van der Waals surface area contributed by atoms with E-state index in [-0.39, 0.29) is 52.3 Å². The third-order valence-corrected chi connectivity index (χ3v) is 10.9. The van der Waals surface area contributed by atoms with Gasteiger partial charge in [-0.1, -0.05) is 13.3 Å². The first-order valence-electron chi connectivity index (χ1n) is 15.4. The number of hydrogen-bond acceptors (Lipinski definition) is 6. The molecule has 2 aromatic heterocycles. The van der Waals surface area contributed by atoms with Gasteiger partial charge >= 0.3 is 12.1 Å². The topological polar surface area (TPSA) is 83.0 Å². The number of anilines is 1. The van der Waals surface area contributed by atoms with Crippen LogP contribution in [0.1, 0.15) is 97.7 Å². The third kappa shape index (κ3) is 6.72. The number of carboxylic acid groups (broad SMARTS) is 1. The number of hydrogen-bond donors (Lipinski definition) is 1. The predicted molar refractivity (Wildman–Crippen MR) is 160 cm³/mol. The van der Waals surface area contributed by atoms with Gasteiger partial charge in [0.05, 0.1) is 5.69 Å². The van der Waals surface area contributed by atoms with Crippen molar-refractivity contribution in [2.75, 3.05) is 19.0 Å². The molecule has 0 aromatic carbocycles. The van der Waals surface area contributed by atoms with Crippen LogP contribution in [0.4, 0.5) is 18.9 Å². The van der Waals surface area contributed by atoms with E-state index in [1.165, 1.54) is 6.07 Å². The predicted octanol–water partition coefficient (Wildman–Crippen LogP) is 7.44. The van der Waals surface area contributed by atoms with Crippen molar-refractivity contribution in [3.8, 4) is 5.88 Å². The van der Waals surface area contributed by atoms with Crippen LogP contribution in [0, 0.1) is 11.8 Å². The first kappa shape index (κ1) is 31.8. The highest BCUT2D eigenvalue weighted by Gasteiger charge is 2.60. The summed E-state index contributed by atoms with van der Waals surface area (Å²) < 4.78 is 49.1. The van der Waals surface area contributed by atoms with E-state index in [4.69, 9.17) is 4.74 Å². The Morgan fingerprint density at radius 2 is 1.74 bits per heavy atom. The highest BCUT2D eigenvalue weighted by Crippen LogP contribution is 2.57. The van der Waals surface area contributed by atoms with Crippen LogP contribution in [0.3, 0.4) is 0 Å². The molecule has 1 N–H and O–H groups in total. The van der Waals surface area contributed by atoms with Crippen LogP contribution in [0.25, 0.3) is 0 Å². The molecule has 0 saturated heterocycles. The van der Waals surface area contributed by atoms with Gasteiger partial charge in [-0.3, -0.25) is 4.79 Å². The molecule has 3 aliphatic rings. The number of carboxylic acids is 1. The van der Waals surface area contributed by atoms with Gasteiger partial charge in [0.2, 0.25) is 11.8 Å². The second-order valence-corrected chi connectivity index (χ2v) is 14.1. The molecule has 7 nitrogen and oxygen atoms in total. The number of nitrogens with zero attached hydrogens (tertiary/aromatic N) is 3. The highest BCUT2D eigenvalue weighted by molar-refractivity contribution is 7.14. The Balaban J connectivity index is 1.41. The van der Waals surface area contributed by atoms with Crippen LogP contribution in [0.2, 0.25) is 0 Å². The fourth-order valence-corrected chi connectivity index (χ4v) is 8.17. The largest absolute Gasteiger partial charge is 0.477 e. The molecule has 11 heteroatoms. The molecule has 5 rings (SSSR count). The molecule has 2 aromatic rings. The molecule has 0 unspecified atom stereocenters. The zero-order chi connectivity index (χ0) is 30.9. The Kier molecular flexibility index (Phi) is 9.42. The lowest BCUT2D eigenvalue weighted by Crippen LogP contribution is -2.48. The summed E-state index contributed by atoms with van der Waals surface area (Å²) in [6, 6.07) is 4.94. The van der Waals surface area contributed by atoms with Crippen molar-refractivity contribution in [1.82, 2.24) is 9.88 Å². The zero-order valence-corrected chi connectivity index (χ0v) is 26.0. The van der Waals surface area contributed by atoms with Gasteiger partial charge in [0.1, 0.15) is 16.4 Å². The van der Waals surface area contributed by atoms with Crippen LogP contribution in [-0.4, -0.2) is 59.3 Å². The molecule has 236 valence electrons. The fourth-order valence-electron chi connectivity index (χ4n) is 6.92. The monoisotopic (exact) mass is 621 g/mol. The van der Waals surface area contributed by atoms with Gasteiger partial charge < -0.3 is 19.6 Å². The highest BCUT2D eigenvalue weighted by atomic mass is 32.1. The Hall–Kier alpha value is -2.66. The molecule has 0 aliphatic heterocycles. The van der Waals surface area contributed by atoms with E-state index in [2.05, 4.69) is 16.8 Å². The molecule has 2 heterocycles. The van der Waals surface area contributed by atoms with E-state index in [1.54, 1.807) is 11.1 Å². The Morgan fingerprint density at radius 1 is 1.07 bits per heavy atom. The lowest BCUT2D eigenvalue weighted by atomic mass is 9.67. The Morgan fingerprint density at radius 3 is 2.30 bits per heavy atom. The first-order chi connectivity index (χ1) is 20.4. The summed E-state index contributed by atoms with van der Waals surface area (Å²) in [6.45, 7) is 2.92. The molecule has 3 aliphatic carbocycles. The molecular formula is C32H42F3N3O4S. The molecule has 0 bridgehead atoms. The molecule has 43 heavy (non-hydrogen) atoms. The van der Waals surface area contributed by atoms with E-state index in [9.17, 15) is 27.9 Å². The zero-order valence-electron chi connectivity index (χ0n) is 25.2. The number of carbonyl (C=O) groups is 2. The van der Waals surface area contributed by atoms with Crippen LogP contribution in [0.15, 0.2) is 24.4 Å². The second kappa shape index (κ2) is 12.8. The molecule has 0 atom stereocenters. The number of amides is 1. The maximum absolute atomic E-state index is 14.3. The smallest absolute Gasteiger partial charge is 0.399 e. The Bertz CT molecular complexity index is 1290. The van der Waals surface area contributed by atoms with Crippen molar-refractivity contribution >= 4 is 28.9 Å². The summed E-state index contributed by atoms with van der Waals surface area (Å²) in [5.74, 6) is -0.656. The number of rotatable bonds is 9. The number of aromatic nitrogens is 1. The number of pyridine rings is 1. The first-order valence-corrected chi connectivity index (χ1v) is 16.2. The van der Waals surface area contributed by atoms with E-state index >= 15 is 0 Å². The van der Waals surface area contributed by atoms with Gasteiger partial charge in [0.15, 0.2) is 0 Å². The normalized spacial score (nSPS) is 25.7. The maximum atomic E-state index is 14.3. The summed E-state index contributed by atoms with van der Waals surface area (Å²) in [5, 5.41) is 10.2. The van der Waals surface area contributed by atoms with Crippen LogP contribution in [0.5, 0.6) is 5.88 Å². The number of alkyl halides is 3. The SMILES string of the molecule is CN(C)Cc1ccnc(O[C@H]2CC[C@H](N(c3cc(C4(C(F)(F)F)CCC4)sc3C(=O)O)C(=O)[C@H]3CC[C@H](C)CC3)CC2)c1. The summed E-state index contributed by atoms with van der Waals surface area (Å²) in [5.41, 5.74) is -0.816. The van der Waals surface area contributed by atoms with Gasteiger partial charge in [-0.05, 0) is 102 Å². The minimum absolute atomic E-state index is 0.00872. The fraction of sp³-hybridized carbons (Fsp3) is 0.656. The molecule has 0 radical (unpaired) electrons. The minimum atomic E-state index is -4.48. The van der Waals surface area contributed by atoms with Crippen molar-refractivity contribution in [1.29, 1.82) is 0 Å². The third-order valence-electron chi connectivity index (χ3n) is 9.58. The van der Waals surface area contributed by atoms with E-state index < -0.39 is 17.6 Å². The van der Waals surface area contributed by atoms with Crippen LogP contribution < -0.4 is 9.64 Å². The molecule has 0 spiro atoms. The molecule has 3 fully saturated rings. The number of carbonyl (C=O) groups excluding carboxylic acids is 1. The average Bonchev–Trinajstić information content (AvgIpc) is 3.33. The lowest BCUT2D eigenvalue weighted by Gasteiger charge is -2.42. The number of thiophene rings is 1. The van der Waals surface area contributed by atoms with Crippen molar-refractivity contribution in [2.24, 2.45) is 11.8 Å². The standard InChI is InChI=1S/C32H42F3N3O4S/c1-20-5-7-22(8-6-20)29(39)38(25-18-26(43-28(25)30(40)41)31(14-4-15-31)32(33,34)35)23-9-11-24(12-10-23)42-27-17-21(13-16-36-27)19-37(2)3/h13,16-18,20,22-24H,4-12,14-15,19H2,1-3H3,(H,40,41)/t20-,22-,23-,24-. The lowest BCUT2D eigenvalue weighted by molar-refractivity contribution is -0.211. The van der Waals surface area contributed by atoms with Crippen LogP contribution in [-0.2, 0) is 16.8 Å². The molecular weight excluding hydrogens is 579 g/mol. The summed E-state index contributed by atoms with van der Waals surface area (Å²) in [4.78, 5) is 34.5. The minimum Gasteiger partial charge on any atom is -0.477 e. The van der Waals surface area contributed by atoms with Gasteiger partial charge in [-0.15, -0.1) is 11.3 Å². The van der Waals surface area contributed by atoms with Crippen molar-refractivity contribution in [3.05, 3.63) is 39.7 Å². The van der Waals surface area contributed by atoms with E-state index in [0.717, 1.165) is 24.9 Å². The molecule has 3 saturated carbocycles. The Labute approximate surface area is 255 Å². The van der Waals surface area contributed by atoms with Crippen molar-refractivity contribution in [3.63, 3.8) is 0 Å². The van der Waals surface area contributed by atoms with Gasteiger partial charge in [-0.25, -0.2) is 9.78 Å². The van der Waals surface area contributed by atoms with Gasteiger partial charge in [0, 0.05) is 35.6 Å². The van der Waals surface area contributed by atoms with Crippen molar-refractivity contribution < 1.29 is 32.6 Å². The molecule has 1 amide bonds. The summed E-state index contributed by atoms with van der Waals surface area (Å²) in [7, 11) is 3.98. The number of halogens is 3. The van der Waals surface area contributed by atoms with Gasteiger partial charge in [-0.2, -0.15) is 13.2 Å². The van der Waals surface area contributed by atoms with Crippen LogP contribution >= 0.6 is 11.3 Å². The summed E-state index contributed by atoms with van der Waals surface area (Å²) >= 11 is 0.692. The second-order valence-electron chi connectivity index (χ2n) is 13.0. The van der Waals surface area contributed by atoms with E-state index in [0.29, 0.717) is 68.1 Å². The summed E-state index contributed by atoms with van der Waals surface area (Å²) in [6.07, 6.45) is 3.04.